The molecule has 2 amide bonds. The van der Waals surface area contributed by atoms with Gasteiger partial charge in [-0.3, -0.25) is 4.79 Å². The van der Waals surface area contributed by atoms with Crippen molar-refractivity contribution in [3.8, 4) is 0 Å². The zero-order chi connectivity index (χ0) is 15.2. The lowest BCUT2D eigenvalue weighted by atomic mass is 10.2. The molecule has 2 heterocycles. The molecule has 0 aromatic heterocycles. The van der Waals surface area contributed by atoms with Crippen LogP contribution in [-0.4, -0.2) is 90.8 Å². The van der Waals surface area contributed by atoms with Crippen molar-refractivity contribution in [3.05, 3.63) is 0 Å². The first-order valence-corrected chi connectivity index (χ1v) is 7.62. The predicted octanol–water partition coefficient (Wildman–Crippen LogP) is 0.310. The summed E-state index contributed by atoms with van der Waals surface area (Å²) in [5.41, 5.74) is 0. The molecule has 0 bridgehead atoms. The smallest absolute Gasteiger partial charge is 0.319 e. The molecule has 1 unspecified atom stereocenters. The van der Waals surface area contributed by atoms with Crippen LogP contribution in [0.3, 0.4) is 0 Å². The van der Waals surface area contributed by atoms with Crippen molar-refractivity contribution in [2.45, 2.75) is 25.4 Å². The number of carbonyl (C=O) groups is 2. The number of likely N-dealkylation sites (tertiary alicyclic amines) is 1. The maximum atomic E-state index is 12.4. The van der Waals surface area contributed by atoms with Gasteiger partial charge in [-0.25, -0.2) is 4.79 Å². The Labute approximate surface area is 125 Å². The van der Waals surface area contributed by atoms with Gasteiger partial charge < -0.3 is 24.5 Å². The zero-order valence-corrected chi connectivity index (χ0v) is 12.7. The third-order valence-electron chi connectivity index (χ3n) is 4.09. The molecule has 2 fully saturated rings. The molecule has 0 saturated carbocycles. The molecule has 0 spiro atoms. The minimum Gasteiger partial charge on any atom is -0.481 e. The fourth-order valence-corrected chi connectivity index (χ4v) is 2.85. The molecule has 2 aliphatic heterocycles. The maximum Gasteiger partial charge on any atom is 0.319 e. The van der Waals surface area contributed by atoms with Gasteiger partial charge in [0.15, 0.2) is 0 Å². The number of morpholine rings is 1. The molecule has 0 radical (unpaired) electrons. The Kier molecular flexibility index (Phi) is 5.81. The van der Waals surface area contributed by atoms with Gasteiger partial charge in [0.25, 0.3) is 0 Å². The number of aliphatic carboxylic acids is 1. The van der Waals surface area contributed by atoms with E-state index in [9.17, 15) is 9.59 Å². The van der Waals surface area contributed by atoms with Gasteiger partial charge in [-0.2, -0.15) is 0 Å². The Morgan fingerprint density at radius 3 is 2.67 bits per heavy atom. The molecule has 0 aliphatic carbocycles. The average Bonchev–Trinajstić information content (AvgIpc) is 2.97. The first-order chi connectivity index (χ1) is 10.1. The van der Waals surface area contributed by atoms with Crippen LogP contribution in [0.25, 0.3) is 0 Å². The van der Waals surface area contributed by atoms with Gasteiger partial charge in [0.2, 0.25) is 0 Å². The van der Waals surface area contributed by atoms with Crippen LogP contribution in [0.5, 0.6) is 0 Å². The highest BCUT2D eigenvalue weighted by molar-refractivity contribution is 5.74. The minimum absolute atomic E-state index is 0.0344. The van der Waals surface area contributed by atoms with Crippen LogP contribution in [0.1, 0.15) is 19.3 Å². The number of likely N-dealkylation sites (N-methyl/N-ethyl adjacent to an activating group) is 1. The van der Waals surface area contributed by atoms with Crippen molar-refractivity contribution >= 4 is 12.0 Å². The quantitative estimate of drug-likeness (QED) is 0.791. The van der Waals surface area contributed by atoms with Crippen molar-refractivity contribution in [2.75, 3.05) is 52.9 Å². The summed E-state index contributed by atoms with van der Waals surface area (Å²) in [6.07, 6.45) is 2.05. The molecule has 1 atom stereocenters. The van der Waals surface area contributed by atoms with Crippen LogP contribution >= 0.6 is 0 Å². The second kappa shape index (κ2) is 7.61. The molecule has 1 N–H and O–H groups in total. The molecule has 0 aromatic rings. The van der Waals surface area contributed by atoms with E-state index in [1.807, 2.05) is 0 Å². The fourth-order valence-electron chi connectivity index (χ4n) is 2.85. The van der Waals surface area contributed by atoms with E-state index < -0.39 is 12.1 Å². The number of carbonyl (C=O) groups excluding carboxylic acids is 1. The highest BCUT2D eigenvalue weighted by Crippen LogP contribution is 2.11. The predicted molar refractivity (Wildman–Crippen MR) is 77.3 cm³/mol. The summed E-state index contributed by atoms with van der Waals surface area (Å²) >= 11 is 0. The summed E-state index contributed by atoms with van der Waals surface area (Å²) in [5.74, 6) is -0.892. The number of rotatable bonds is 5. The summed E-state index contributed by atoms with van der Waals surface area (Å²) < 4.78 is 5.39. The van der Waals surface area contributed by atoms with Crippen molar-refractivity contribution in [1.29, 1.82) is 0 Å². The average molecular weight is 299 g/mol. The van der Waals surface area contributed by atoms with Crippen molar-refractivity contribution in [1.82, 2.24) is 14.7 Å². The molecule has 2 saturated heterocycles. The highest BCUT2D eigenvalue weighted by Gasteiger charge is 2.27. The normalized spacial score (nSPS) is 23.3. The Balaban J connectivity index is 1.76. The number of amides is 2. The SMILES string of the molecule is CN(CCN1CCCC1)C(=O)N1CCOC(CC(=O)O)C1. The number of carboxylic acid groups (broad SMARTS) is 1. The van der Waals surface area contributed by atoms with E-state index in [4.69, 9.17) is 9.84 Å². The Hall–Kier alpha value is -1.34. The van der Waals surface area contributed by atoms with Gasteiger partial charge in [-0.05, 0) is 25.9 Å². The second-order valence-electron chi connectivity index (χ2n) is 5.79. The molecule has 7 heteroatoms. The van der Waals surface area contributed by atoms with Gasteiger partial charge >= 0.3 is 12.0 Å². The molecule has 7 nitrogen and oxygen atoms in total. The van der Waals surface area contributed by atoms with Crippen LogP contribution in [-0.2, 0) is 9.53 Å². The van der Waals surface area contributed by atoms with Crippen LogP contribution in [0.2, 0.25) is 0 Å². The number of hydrogen-bond acceptors (Lipinski definition) is 4. The number of urea groups is 1. The summed E-state index contributed by atoms with van der Waals surface area (Å²) in [7, 11) is 1.81. The fraction of sp³-hybridized carbons (Fsp3) is 0.857. The third-order valence-corrected chi connectivity index (χ3v) is 4.09. The van der Waals surface area contributed by atoms with E-state index >= 15 is 0 Å². The van der Waals surface area contributed by atoms with E-state index in [0.29, 0.717) is 26.2 Å². The van der Waals surface area contributed by atoms with Crippen molar-refractivity contribution < 1.29 is 19.4 Å². The lowest BCUT2D eigenvalue weighted by molar-refractivity contribution is -0.141. The van der Waals surface area contributed by atoms with Crippen molar-refractivity contribution in [2.24, 2.45) is 0 Å². The van der Waals surface area contributed by atoms with E-state index in [0.717, 1.165) is 19.6 Å². The second-order valence-corrected chi connectivity index (χ2v) is 5.79. The first-order valence-electron chi connectivity index (χ1n) is 7.62. The van der Waals surface area contributed by atoms with E-state index in [2.05, 4.69) is 4.90 Å². The van der Waals surface area contributed by atoms with Gasteiger partial charge in [-0.1, -0.05) is 0 Å². The molecular weight excluding hydrogens is 274 g/mol. The molecule has 2 aliphatic rings. The van der Waals surface area contributed by atoms with Crippen molar-refractivity contribution in [3.63, 3.8) is 0 Å². The minimum atomic E-state index is -0.892. The van der Waals surface area contributed by atoms with Crippen LogP contribution in [0.4, 0.5) is 4.79 Å². The summed E-state index contributed by atoms with van der Waals surface area (Å²) in [5, 5.41) is 8.81. The summed E-state index contributed by atoms with van der Waals surface area (Å²) in [6, 6.07) is -0.0344. The van der Waals surface area contributed by atoms with Gasteiger partial charge in [0, 0.05) is 33.2 Å². The first kappa shape index (κ1) is 16.0. The monoisotopic (exact) mass is 299 g/mol. The van der Waals surface area contributed by atoms with E-state index in [1.165, 1.54) is 12.8 Å². The number of nitrogens with zero attached hydrogens (tertiary/aromatic N) is 3. The summed E-state index contributed by atoms with van der Waals surface area (Å²) in [6.45, 7) is 5.16. The van der Waals surface area contributed by atoms with Gasteiger partial charge in [-0.15, -0.1) is 0 Å². The van der Waals surface area contributed by atoms with Gasteiger partial charge in [0.1, 0.15) is 0 Å². The van der Waals surface area contributed by atoms with Crippen LogP contribution < -0.4 is 0 Å². The molecule has 21 heavy (non-hydrogen) atoms. The Morgan fingerprint density at radius 2 is 2.00 bits per heavy atom. The van der Waals surface area contributed by atoms with E-state index in [-0.39, 0.29) is 12.5 Å². The Morgan fingerprint density at radius 1 is 1.29 bits per heavy atom. The Bertz CT molecular complexity index is 371. The van der Waals surface area contributed by atoms with Crippen LogP contribution in [0, 0.1) is 0 Å². The number of ether oxygens (including phenoxy) is 1. The topological polar surface area (TPSA) is 73.3 Å². The number of carboxylic acids is 1. The molecular formula is C14H25N3O4. The van der Waals surface area contributed by atoms with E-state index in [1.54, 1.807) is 16.8 Å². The lowest BCUT2D eigenvalue weighted by Crippen LogP contribution is -2.51. The summed E-state index contributed by atoms with van der Waals surface area (Å²) in [4.78, 5) is 28.9. The standard InChI is InChI=1S/C14H25N3O4/c1-15(6-7-16-4-2-3-5-16)14(20)17-8-9-21-12(11-17)10-13(18)19/h12H,2-11H2,1H3,(H,18,19). The van der Waals surface area contributed by atoms with Gasteiger partial charge in [0.05, 0.1) is 19.1 Å². The maximum absolute atomic E-state index is 12.4. The molecule has 120 valence electrons. The lowest BCUT2D eigenvalue weighted by Gasteiger charge is -2.35. The zero-order valence-electron chi connectivity index (χ0n) is 12.7. The van der Waals surface area contributed by atoms with Crippen LogP contribution in [0.15, 0.2) is 0 Å². The highest BCUT2D eigenvalue weighted by atomic mass is 16.5. The number of hydrogen-bond donors (Lipinski definition) is 1. The third kappa shape index (κ3) is 4.86. The largest absolute Gasteiger partial charge is 0.481 e. The molecule has 2 rings (SSSR count). The molecule has 0 aromatic carbocycles.